The van der Waals surface area contributed by atoms with E-state index in [1.165, 1.54) is 0 Å². The summed E-state index contributed by atoms with van der Waals surface area (Å²) in [5.41, 5.74) is 8.46. The zero-order chi connectivity index (χ0) is 13.5. The minimum atomic E-state index is -0.178. The first-order chi connectivity index (χ1) is 8.30. The van der Waals surface area contributed by atoms with Crippen molar-refractivity contribution in [1.29, 1.82) is 0 Å². The molecule has 0 aliphatic rings. The lowest BCUT2D eigenvalue weighted by Crippen LogP contribution is -2.24. The molecule has 0 radical (unpaired) electrons. The summed E-state index contributed by atoms with van der Waals surface area (Å²) >= 11 is 3.45. The molecule has 0 saturated heterocycles. The number of tetrazole rings is 1. The molecule has 5 nitrogen and oxygen atoms in total. The Morgan fingerprint density at radius 2 is 1.94 bits per heavy atom. The van der Waals surface area contributed by atoms with Gasteiger partial charge in [-0.25, -0.2) is 4.68 Å². The summed E-state index contributed by atoms with van der Waals surface area (Å²) < 4.78 is 2.73. The monoisotopic (exact) mass is 309 g/mol. The fourth-order valence-corrected chi connectivity index (χ4v) is 2.21. The summed E-state index contributed by atoms with van der Waals surface area (Å²) in [6, 6.07) is 3.86. The summed E-state index contributed by atoms with van der Waals surface area (Å²) in [5.74, 6) is 0.730. The Bertz CT molecular complexity index is 583. The number of rotatable bonds is 1. The minimum absolute atomic E-state index is 0.178. The number of halogens is 1. The van der Waals surface area contributed by atoms with Crippen LogP contribution in [0.3, 0.4) is 0 Å². The van der Waals surface area contributed by atoms with Gasteiger partial charge in [0.25, 0.3) is 0 Å². The Labute approximate surface area is 115 Å². The van der Waals surface area contributed by atoms with E-state index in [1.807, 2.05) is 19.1 Å². The molecule has 0 spiro atoms. The number of nitrogens with two attached hydrogens (primary N) is 1. The number of nitrogen functional groups attached to an aromatic ring is 1. The van der Waals surface area contributed by atoms with Gasteiger partial charge in [-0.3, -0.25) is 0 Å². The van der Waals surface area contributed by atoms with Crippen molar-refractivity contribution in [3.63, 3.8) is 0 Å². The fourth-order valence-electron chi connectivity index (χ4n) is 1.74. The molecule has 2 aromatic rings. The van der Waals surface area contributed by atoms with E-state index in [2.05, 4.69) is 52.2 Å². The molecule has 0 saturated carbocycles. The molecule has 2 N–H and O–H groups in total. The highest BCUT2D eigenvalue weighted by Crippen LogP contribution is 2.31. The van der Waals surface area contributed by atoms with Crippen LogP contribution >= 0.6 is 15.9 Å². The quantitative estimate of drug-likeness (QED) is 0.822. The lowest BCUT2D eigenvalue weighted by atomic mass is 10.0. The second-order valence-electron chi connectivity index (χ2n) is 5.25. The fraction of sp³-hybridized carbons (Fsp3) is 0.417. The van der Waals surface area contributed by atoms with Crippen LogP contribution in [0.4, 0.5) is 5.69 Å². The standard InChI is InChI=1S/C12H16BrN5/c1-7-9(5-8(13)6-10(7)14)11-15-16-17-18(11)12(2,3)4/h5-6H,14H2,1-4H3. The molecule has 1 aromatic carbocycles. The van der Waals surface area contributed by atoms with Crippen molar-refractivity contribution in [3.05, 3.63) is 22.2 Å². The van der Waals surface area contributed by atoms with E-state index in [0.717, 1.165) is 27.1 Å². The molecule has 0 amide bonds. The molecular weight excluding hydrogens is 294 g/mol. The number of aromatic nitrogens is 4. The average molecular weight is 310 g/mol. The Kier molecular flexibility index (Phi) is 3.14. The second-order valence-corrected chi connectivity index (χ2v) is 6.17. The van der Waals surface area contributed by atoms with Crippen molar-refractivity contribution in [2.45, 2.75) is 33.2 Å². The summed E-state index contributed by atoms with van der Waals surface area (Å²) in [6.45, 7) is 8.15. The molecule has 0 bridgehead atoms. The van der Waals surface area contributed by atoms with Crippen LogP contribution < -0.4 is 5.73 Å². The van der Waals surface area contributed by atoms with Gasteiger partial charge in [0.05, 0.1) is 5.54 Å². The number of anilines is 1. The minimum Gasteiger partial charge on any atom is -0.398 e. The van der Waals surface area contributed by atoms with Crippen LogP contribution in [0, 0.1) is 6.92 Å². The van der Waals surface area contributed by atoms with Crippen LogP contribution in [0.1, 0.15) is 26.3 Å². The van der Waals surface area contributed by atoms with E-state index in [1.54, 1.807) is 4.68 Å². The third-order valence-corrected chi connectivity index (χ3v) is 3.22. The van der Waals surface area contributed by atoms with Gasteiger partial charge >= 0.3 is 0 Å². The maximum absolute atomic E-state index is 5.98. The largest absolute Gasteiger partial charge is 0.398 e. The molecule has 0 aliphatic heterocycles. The van der Waals surface area contributed by atoms with Crippen molar-refractivity contribution in [1.82, 2.24) is 20.2 Å². The van der Waals surface area contributed by atoms with Crippen LogP contribution in [0.2, 0.25) is 0 Å². The maximum Gasteiger partial charge on any atom is 0.182 e. The highest BCUT2D eigenvalue weighted by Gasteiger charge is 2.22. The number of nitrogens with zero attached hydrogens (tertiary/aromatic N) is 4. The molecule has 0 fully saturated rings. The summed E-state index contributed by atoms with van der Waals surface area (Å²) in [4.78, 5) is 0. The average Bonchev–Trinajstić information content (AvgIpc) is 2.71. The first kappa shape index (κ1) is 13.0. The molecule has 0 aliphatic carbocycles. The molecular formula is C12H16BrN5. The molecule has 0 unspecified atom stereocenters. The Morgan fingerprint density at radius 3 is 2.56 bits per heavy atom. The van der Waals surface area contributed by atoms with Crippen molar-refractivity contribution < 1.29 is 0 Å². The van der Waals surface area contributed by atoms with Gasteiger partial charge in [-0.05, 0) is 55.8 Å². The van der Waals surface area contributed by atoms with Gasteiger partial charge in [0, 0.05) is 15.7 Å². The zero-order valence-corrected chi connectivity index (χ0v) is 12.5. The van der Waals surface area contributed by atoms with E-state index in [0.29, 0.717) is 0 Å². The smallest absolute Gasteiger partial charge is 0.182 e. The maximum atomic E-state index is 5.98. The van der Waals surface area contributed by atoms with Crippen molar-refractivity contribution >= 4 is 21.6 Å². The van der Waals surface area contributed by atoms with Crippen molar-refractivity contribution in [3.8, 4) is 11.4 Å². The highest BCUT2D eigenvalue weighted by atomic mass is 79.9. The van der Waals surface area contributed by atoms with Gasteiger partial charge in [-0.2, -0.15) is 0 Å². The molecule has 1 aromatic heterocycles. The molecule has 1 heterocycles. The first-order valence-corrected chi connectivity index (χ1v) is 6.45. The van der Waals surface area contributed by atoms with E-state index < -0.39 is 0 Å². The van der Waals surface area contributed by atoms with Crippen LogP contribution in [0.15, 0.2) is 16.6 Å². The summed E-state index contributed by atoms with van der Waals surface area (Å²) in [5, 5.41) is 12.0. The second kappa shape index (κ2) is 4.35. The topological polar surface area (TPSA) is 69.6 Å². The van der Waals surface area contributed by atoms with Gasteiger partial charge in [-0.15, -0.1) is 5.10 Å². The third-order valence-electron chi connectivity index (χ3n) is 2.76. The first-order valence-electron chi connectivity index (χ1n) is 5.65. The Morgan fingerprint density at radius 1 is 1.28 bits per heavy atom. The predicted octanol–water partition coefficient (Wildman–Crippen LogP) is 2.75. The molecule has 6 heteroatoms. The van der Waals surface area contributed by atoms with E-state index in [9.17, 15) is 0 Å². The summed E-state index contributed by atoms with van der Waals surface area (Å²) in [6.07, 6.45) is 0. The van der Waals surface area contributed by atoms with Crippen LogP contribution in [-0.2, 0) is 5.54 Å². The Balaban J connectivity index is 2.67. The van der Waals surface area contributed by atoms with Gasteiger partial charge in [0.1, 0.15) is 0 Å². The zero-order valence-electron chi connectivity index (χ0n) is 10.9. The molecule has 18 heavy (non-hydrogen) atoms. The van der Waals surface area contributed by atoms with Gasteiger partial charge < -0.3 is 5.73 Å². The van der Waals surface area contributed by atoms with E-state index >= 15 is 0 Å². The summed E-state index contributed by atoms with van der Waals surface area (Å²) in [7, 11) is 0. The van der Waals surface area contributed by atoms with Gasteiger partial charge in [0.2, 0.25) is 0 Å². The lowest BCUT2D eigenvalue weighted by Gasteiger charge is -2.20. The van der Waals surface area contributed by atoms with Gasteiger partial charge in [-0.1, -0.05) is 15.9 Å². The predicted molar refractivity (Wildman–Crippen MR) is 75.1 cm³/mol. The lowest BCUT2D eigenvalue weighted by molar-refractivity contribution is 0.351. The van der Waals surface area contributed by atoms with Gasteiger partial charge in [0.15, 0.2) is 5.82 Å². The Hall–Kier alpha value is -1.43. The highest BCUT2D eigenvalue weighted by molar-refractivity contribution is 9.10. The van der Waals surface area contributed by atoms with E-state index in [-0.39, 0.29) is 5.54 Å². The number of benzene rings is 1. The normalized spacial score (nSPS) is 11.8. The molecule has 0 atom stereocenters. The number of hydrogen-bond acceptors (Lipinski definition) is 4. The molecule has 96 valence electrons. The van der Waals surface area contributed by atoms with E-state index in [4.69, 9.17) is 5.73 Å². The third kappa shape index (κ3) is 2.25. The number of hydrogen-bond donors (Lipinski definition) is 1. The van der Waals surface area contributed by atoms with Crippen LogP contribution in [0.5, 0.6) is 0 Å². The van der Waals surface area contributed by atoms with Crippen molar-refractivity contribution in [2.24, 2.45) is 0 Å². The van der Waals surface area contributed by atoms with Crippen LogP contribution in [-0.4, -0.2) is 20.2 Å². The van der Waals surface area contributed by atoms with Crippen molar-refractivity contribution in [2.75, 3.05) is 5.73 Å². The SMILES string of the molecule is Cc1c(N)cc(Br)cc1-c1nnnn1C(C)(C)C. The molecule has 2 rings (SSSR count). The van der Waals surface area contributed by atoms with Crippen LogP contribution in [0.25, 0.3) is 11.4 Å².